The molecular formula is C22H20ClFN2O. The number of hydrogen-bond acceptors (Lipinski definition) is 2. The quantitative estimate of drug-likeness (QED) is 0.632. The van der Waals surface area contributed by atoms with Crippen molar-refractivity contribution < 1.29 is 9.18 Å². The van der Waals surface area contributed by atoms with Crippen LogP contribution < -0.4 is 10.6 Å². The molecule has 0 aromatic heterocycles. The van der Waals surface area contributed by atoms with Gasteiger partial charge in [0.1, 0.15) is 5.82 Å². The Hall–Kier alpha value is -2.69. The number of rotatable bonds is 7. The van der Waals surface area contributed by atoms with Crippen LogP contribution in [0.4, 0.5) is 4.39 Å². The maximum absolute atomic E-state index is 13.7. The first kappa shape index (κ1) is 19.1. The lowest BCUT2D eigenvalue weighted by Crippen LogP contribution is -2.36. The molecule has 3 nitrogen and oxygen atoms in total. The minimum atomic E-state index is -0.327. The van der Waals surface area contributed by atoms with Crippen LogP contribution in [0.1, 0.15) is 22.7 Å². The number of hydrogen-bond donors (Lipinski definition) is 2. The molecule has 0 heterocycles. The predicted octanol–water partition coefficient (Wildman–Crippen LogP) is 4.47. The first-order valence-corrected chi connectivity index (χ1v) is 9.05. The van der Waals surface area contributed by atoms with Gasteiger partial charge in [-0.25, -0.2) is 4.39 Å². The summed E-state index contributed by atoms with van der Waals surface area (Å²) < 4.78 is 13.7. The van der Waals surface area contributed by atoms with Crippen LogP contribution in [0.25, 0.3) is 0 Å². The van der Waals surface area contributed by atoms with Crippen LogP contribution in [0.15, 0.2) is 78.9 Å². The standard InChI is InChI=1S/C22H20ClFN2O/c23-19-11-6-10-17(13-19)22(16-7-2-1-3-8-16)26-15-21(27)25-14-18-9-4-5-12-20(18)24/h1-13,22,26H,14-15H2,(H,25,27). The SMILES string of the molecule is O=C(CNC(c1ccccc1)c1cccc(Cl)c1)NCc1ccccc1F. The zero-order chi connectivity index (χ0) is 19.1. The summed E-state index contributed by atoms with van der Waals surface area (Å²) in [7, 11) is 0. The number of halogens is 2. The van der Waals surface area contributed by atoms with Crippen LogP contribution >= 0.6 is 11.6 Å². The van der Waals surface area contributed by atoms with Crippen molar-refractivity contribution in [2.45, 2.75) is 12.6 Å². The molecule has 1 atom stereocenters. The summed E-state index contributed by atoms with van der Waals surface area (Å²) in [5.74, 6) is -0.534. The van der Waals surface area contributed by atoms with E-state index in [0.29, 0.717) is 10.6 Å². The highest BCUT2D eigenvalue weighted by Crippen LogP contribution is 2.24. The average Bonchev–Trinajstić information content (AvgIpc) is 2.68. The summed E-state index contributed by atoms with van der Waals surface area (Å²) in [6.45, 7) is 0.251. The largest absolute Gasteiger partial charge is 0.351 e. The molecule has 5 heteroatoms. The highest BCUT2D eigenvalue weighted by Gasteiger charge is 2.15. The van der Waals surface area contributed by atoms with Gasteiger partial charge in [-0.1, -0.05) is 72.3 Å². The fourth-order valence-electron chi connectivity index (χ4n) is 2.85. The third kappa shape index (κ3) is 5.39. The lowest BCUT2D eigenvalue weighted by Gasteiger charge is -2.20. The third-order valence-corrected chi connectivity index (χ3v) is 4.45. The van der Waals surface area contributed by atoms with Crippen molar-refractivity contribution in [3.8, 4) is 0 Å². The molecule has 1 amide bonds. The monoisotopic (exact) mass is 382 g/mol. The molecule has 0 aliphatic rings. The predicted molar refractivity (Wildman–Crippen MR) is 106 cm³/mol. The number of benzene rings is 3. The summed E-state index contributed by atoms with van der Waals surface area (Å²) in [5, 5.41) is 6.65. The van der Waals surface area contributed by atoms with Crippen LogP contribution in [0.2, 0.25) is 5.02 Å². The van der Waals surface area contributed by atoms with Gasteiger partial charge >= 0.3 is 0 Å². The van der Waals surface area contributed by atoms with E-state index in [1.807, 2.05) is 54.6 Å². The normalized spacial score (nSPS) is 11.8. The molecule has 3 aromatic carbocycles. The van der Waals surface area contributed by atoms with Crippen LogP contribution in [0.5, 0.6) is 0 Å². The zero-order valence-electron chi connectivity index (χ0n) is 14.7. The van der Waals surface area contributed by atoms with E-state index in [1.54, 1.807) is 18.2 Å². The molecule has 3 rings (SSSR count). The first-order chi connectivity index (χ1) is 13.1. The van der Waals surface area contributed by atoms with Gasteiger partial charge in [0.05, 0.1) is 12.6 Å². The fraction of sp³-hybridized carbons (Fsp3) is 0.136. The van der Waals surface area contributed by atoms with E-state index in [2.05, 4.69) is 10.6 Å². The molecule has 138 valence electrons. The number of carbonyl (C=O) groups excluding carboxylic acids is 1. The Balaban J connectivity index is 1.66. The topological polar surface area (TPSA) is 41.1 Å². The Morgan fingerprint density at radius 3 is 2.37 bits per heavy atom. The molecule has 0 radical (unpaired) electrons. The molecule has 0 aliphatic carbocycles. The summed E-state index contributed by atoms with van der Waals surface area (Å²) in [6.07, 6.45) is 0. The number of amides is 1. The Bertz CT molecular complexity index is 902. The van der Waals surface area contributed by atoms with Crippen LogP contribution in [-0.4, -0.2) is 12.5 Å². The Kier molecular flexibility index (Phi) is 6.58. The Morgan fingerprint density at radius 1 is 0.926 bits per heavy atom. The van der Waals surface area contributed by atoms with Gasteiger partial charge in [0.15, 0.2) is 0 Å². The second kappa shape index (κ2) is 9.31. The van der Waals surface area contributed by atoms with Crippen LogP contribution in [0, 0.1) is 5.82 Å². The Labute approximate surface area is 163 Å². The molecule has 0 aliphatic heterocycles. The highest BCUT2D eigenvalue weighted by atomic mass is 35.5. The van der Waals surface area contributed by atoms with Crippen molar-refractivity contribution in [2.24, 2.45) is 0 Å². The average molecular weight is 383 g/mol. The number of nitrogens with one attached hydrogen (secondary N) is 2. The van der Waals surface area contributed by atoms with Gasteiger partial charge in [-0.15, -0.1) is 0 Å². The van der Waals surface area contributed by atoms with Crippen molar-refractivity contribution in [2.75, 3.05) is 6.54 Å². The van der Waals surface area contributed by atoms with E-state index in [-0.39, 0.29) is 30.9 Å². The molecule has 0 saturated carbocycles. The smallest absolute Gasteiger partial charge is 0.234 e. The minimum Gasteiger partial charge on any atom is -0.351 e. The van der Waals surface area contributed by atoms with E-state index in [4.69, 9.17) is 11.6 Å². The Morgan fingerprint density at radius 2 is 1.63 bits per heavy atom. The highest BCUT2D eigenvalue weighted by molar-refractivity contribution is 6.30. The molecule has 27 heavy (non-hydrogen) atoms. The van der Waals surface area contributed by atoms with Gasteiger partial charge in [-0.3, -0.25) is 10.1 Å². The van der Waals surface area contributed by atoms with Crippen molar-refractivity contribution in [3.05, 3.63) is 106 Å². The second-order valence-corrected chi connectivity index (χ2v) is 6.58. The molecule has 2 N–H and O–H groups in total. The summed E-state index contributed by atoms with van der Waals surface area (Å²) in [5.41, 5.74) is 2.46. The first-order valence-electron chi connectivity index (χ1n) is 8.67. The molecule has 0 spiro atoms. The van der Waals surface area contributed by atoms with Crippen molar-refractivity contribution in [1.29, 1.82) is 0 Å². The van der Waals surface area contributed by atoms with E-state index in [0.717, 1.165) is 11.1 Å². The van der Waals surface area contributed by atoms with Gasteiger partial charge in [0.25, 0.3) is 0 Å². The molecular weight excluding hydrogens is 363 g/mol. The summed E-state index contributed by atoms with van der Waals surface area (Å²) >= 11 is 6.13. The van der Waals surface area contributed by atoms with E-state index in [1.165, 1.54) is 6.07 Å². The summed E-state index contributed by atoms with van der Waals surface area (Å²) in [6, 6.07) is 23.6. The fourth-order valence-corrected chi connectivity index (χ4v) is 3.05. The molecule has 3 aromatic rings. The van der Waals surface area contributed by atoms with E-state index in [9.17, 15) is 9.18 Å². The molecule has 0 fully saturated rings. The zero-order valence-corrected chi connectivity index (χ0v) is 15.4. The van der Waals surface area contributed by atoms with Crippen molar-refractivity contribution in [3.63, 3.8) is 0 Å². The molecule has 1 unspecified atom stereocenters. The van der Waals surface area contributed by atoms with Gasteiger partial charge in [0, 0.05) is 17.1 Å². The maximum atomic E-state index is 13.7. The van der Waals surface area contributed by atoms with Gasteiger partial charge in [-0.2, -0.15) is 0 Å². The summed E-state index contributed by atoms with van der Waals surface area (Å²) in [4.78, 5) is 12.2. The lowest BCUT2D eigenvalue weighted by molar-refractivity contribution is -0.120. The minimum absolute atomic E-state index is 0.0977. The molecule has 0 saturated heterocycles. The van der Waals surface area contributed by atoms with Crippen molar-refractivity contribution >= 4 is 17.5 Å². The van der Waals surface area contributed by atoms with Gasteiger partial charge in [-0.05, 0) is 29.3 Å². The van der Waals surface area contributed by atoms with E-state index < -0.39 is 0 Å². The van der Waals surface area contributed by atoms with Crippen molar-refractivity contribution in [1.82, 2.24) is 10.6 Å². The lowest BCUT2D eigenvalue weighted by atomic mass is 9.99. The maximum Gasteiger partial charge on any atom is 0.234 e. The van der Waals surface area contributed by atoms with Crippen LogP contribution in [0.3, 0.4) is 0 Å². The molecule has 0 bridgehead atoms. The van der Waals surface area contributed by atoms with Gasteiger partial charge in [0.2, 0.25) is 5.91 Å². The van der Waals surface area contributed by atoms with E-state index >= 15 is 0 Å². The van der Waals surface area contributed by atoms with Gasteiger partial charge < -0.3 is 5.32 Å². The third-order valence-electron chi connectivity index (χ3n) is 4.22. The number of carbonyl (C=O) groups is 1. The van der Waals surface area contributed by atoms with Crippen LogP contribution in [-0.2, 0) is 11.3 Å². The second-order valence-electron chi connectivity index (χ2n) is 6.15.